The molecule has 210 valence electrons. The Morgan fingerprint density at radius 3 is 2.65 bits per heavy atom. The number of alkyl halides is 3. The fraction of sp³-hybridized carbons (Fsp3) is 0.308. The molecule has 0 saturated carbocycles. The standard InChI is InChI=1S/C26H22ClF3N4O6/c1-37-18-5-3-4-15(23(18)38-2)22-16-10-13(27)6-8-17(16)34-24(32-33-25(34)26(28,29)30)19(40-22)11-20-31-12-14(39-20)7-9-21(35)36/h3-6,8,10,12,19,22H,7,9,11H2,1-2H3,(H,35,36). The maximum atomic E-state index is 14.2. The van der Waals surface area contributed by atoms with E-state index in [1.54, 1.807) is 18.2 Å². The zero-order valence-corrected chi connectivity index (χ0v) is 21.9. The normalized spacial score (nSPS) is 16.6. The van der Waals surface area contributed by atoms with Crippen LogP contribution in [0, 0.1) is 0 Å². The Hall–Kier alpha value is -4.10. The zero-order chi connectivity index (χ0) is 28.6. The highest BCUT2D eigenvalue weighted by atomic mass is 35.5. The lowest BCUT2D eigenvalue weighted by Crippen LogP contribution is -2.17. The molecule has 4 aromatic rings. The van der Waals surface area contributed by atoms with Gasteiger partial charge >= 0.3 is 12.1 Å². The molecule has 0 saturated heterocycles. The van der Waals surface area contributed by atoms with Crippen molar-refractivity contribution in [2.75, 3.05) is 14.2 Å². The highest BCUT2D eigenvalue weighted by Gasteiger charge is 2.43. The van der Waals surface area contributed by atoms with Gasteiger partial charge in [-0.2, -0.15) is 13.2 Å². The first-order chi connectivity index (χ1) is 19.1. The van der Waals surface area contributed by atoms with Crippen LogP contribution in [-0.4, -0.2) is 45.0 Å². The summed E-state index contributed by atoms with van der Waals surface area (Å²) in [5, 5.41) is 16.6. The van der Waals surface area contributed by atoms with Crippen LogP contribution in [0.3, 0.4) is 0 Å². The second-order valence-corrected chi connectivity index (χ2v) is 9.26. The van der Waals surface area contributed by atoms with Crippen LogP contribution in [0.5, 0.6) is 11.5 Å². The first-order valence-electron chi connectivity index (χ1n) is 11.9. The van der Waals surface area contributed by atoms with Gasteiger partial charge in [-0.15, -0.1) is 10.2 Å². The van der Waals surface area contributed by atoms with Crippen LogP contribution >= 0.6 is 11.6 Å². The Balaban J connectivity index is 1.68. The molecule has 2 atom stereocenters. The number of aryl methyl sites for hydroxylation is 1. The third-order valence-electron chi connectivity index (χ3n) is 6.31. The summed E-state index contributed by atoms with van der Waals surface area (Å²) in [6.07, 6.45) is -5.81. The summed E-state index contributed by atoms with van der Waals surface area (Å²) in [5.74, 6) is -1.25. The Morgan fingerprint density at radius 2 is 1.95 bits per heavy atom. The van der Waals surface area contributed by atoms with Gasteiger partial charge in [0.2, 0.25) is 5.82 Å². The minimum atomic E-state index is -4.84. The number of ether oxygens (including phenoxy) is 3. The van der Waals surface area contributed by atoms with Crippen LogP contribution < -0.4 is 9.47 Å². The lowest BCUT2D eigenvalue weighted by Gasteiger charge is -2.24. The van der Waals surface area contributed by atoms with Gasteiger partial charge in [-0.05, 0) is 24.3 Å². The molecule has 10 nitrogen and oxygen atoms in total. The van der Waals surface area contributed by atoms with Crippen LogP contribution in [0.1, 0.15) is 53.1 Å². The Labute approximate surface area is 230 Å². The second-order valence-electron chi connectivity index (χ2n) is 8.82. The molecule has 1 N–H and O–H groups in total. The van der Waals surface area contributed by atoms with Crippen molar-refractivity contribution in [3.63, 3.8) is 0 Å². The molecule has 5 rings (SSSR count). The number of hydrogen-bond acceptors (Lipinski definition) is 8. The first-order valence-corrected chi connectivity index (χ1v) is 12.3. The molecule has 1 aliphatic heterocycles. The summed E-state index contributed by atoms with van der Waals surface area (Å²) in [6.45, 7) is 0. The molecule has 0 radical (unpaired) electrons. The number of fused-ring (bicyclic) bond motifs is 3. The van der Waals surface area contributed by atoms with Crippen molar-refractivity contribution in [1.29, 1.82) is 0 Å². The number of carbonyl (C=O) groups is 1. The number of methoxy groups -OCH3 is 2. The van der Waals surface area contributed by atoms with Crippen molar-refractivity contribution in [2.45, 2.75) is 37.6 Å². The second kappa shape index (κ2) is 10.8. The highest BCUT2D eigenvalue weighted by Crippen LogP contribution is 2.47. The van der Waals surface area contributed by atoms with Crippen molar-refractivity contribution in [1.82, 2.24) is 19.7 Å². The molecule has 2 aromatic heterocycles. The molecule has 0 fully saturated rings. The zero-order valence-electron chi connectivity index (χ0n) is 21.1. The van der Waals surface area contributed by atoms with Gasteiger partial charge in [-0.1, -0.05) is 23.7 Å². The number of aliphatic carboxylic acids is 1. The smallest absolute Gasteiger partial charge is 0.452 e. The quantitative estimate of drug-likeness (QED) is 0.294. The number of rotatable bonds is 8. The molecule has 40 heavy (non-hydrogen) atoms. The monoisotopic (exact) mass is 578 g/mol. The van der Waals surface area contributed by atoms with Crippen molar-refractivity contribution in [3.8, 4) is 17.2 Å². The van der Waals surface area contributed by atoms with Crippen molar-refractivity contribution in [3.05, 3.63) is 82.0 Å². The maximum absolute atomic E-state index is 14.2. The Bertz CT molecular complexity index is 1550. The minimum Gasteiger partial charge on any atom is -0.493 e. The lowest BCUT2D eigenvalue weighted by molar-refractivity contribution is -0.146. The summed E-state index contributed by atoms with van der Waals surface area (Å²) in [5.41, 5.74) is 0.892. The summed E-state index contributed by atoms with van der Waals surface area (Å²) in [6, 6.07) is 9.52. The molecule has 0 bridgehead atoms. The number of halogens is 4. The van der Waals surface area contributed by atoms with E-state index >= 15 is 0 Å². The van der Waals surface area contributed by atoms with E-state index in [-0.39, 0.29) is 41.7 Å². The van der Waals surface area contributed by atoms with Gasteiger partial charge in [0.1, 0.15) is 18.0 Å². The van der Waals surface area contributed by atoms with Crippen molar-refractivity contribution in [2.24, 2.45) is 0 Å². The minimum absolute atomic E-state index is 0.0931. The SMILES string of the molecule is COc1cccc(C2OC(Cc3ncc(CCC(=O)O)o3)c3nnc(C(F)(F)F)n3-c3ccc(Cl)cc32)c1OC. The van der Waals surface area contributed by atoms with Gasteiger partial charge in [0.15, 0.2) is 23.2 Å². The van der Waals surface area contributed by atoms with Crippen LogP contribution in [0.15, 0.2) is 47.0 Å². The van der Waals surface area contributed by atoms with Crippen molar-refractivity contribution < 1.29 is 41.7 Å². The highest BCUT2D eigenvalue weighted by molar-refractivity contribution is 6.30. The van der Waals surface area contributed by atoms with Crippen LogP contribution in [0.2, 0.25) is 5.02 Å². The largest absolute Gasteiger partial charge is 0.493 e. The number of nitrogens with zero attached hydrogens (tertiary/aromatic N) is 4. The molecule has 0 spiro atoms. The molecular weight excluding hydrogens is 557 g/mol. The van der Waals surface area contributed by atoms with E-state index in [9.17, 15) is 18.0 Å². The van der Waals surface area contributed by atoms with Crippen molar-refractivity contribution >= 4 is 17.6 Å². The van der Waals surface area contributed by atoms with Gasteiger partial charge in [0, 0.05) is 22.6 Å². The average Bonchev–Trinajstić information content (AvgIpc) is 3.54. The number of benzene rings is 2. The van der Waals surface area contributed by atoms with Crippen LogP contribution in [0.4, 0.5) is 13.2 Å². The molecule has 0 amide bonds. The number of hydrogen-bond donors (Lipinski definition) is 1. The predicted molar refractivity (Wildman–Crippen MR) is 133 cm³/mol. The average molecular weight is 579 g/mol. The van der Waals surface area contributed by atoms with Gasteiger partial charge < -0.3 is 23.7 Å². The van der Waals surface area contributed by atoms with Gasteiger partial charge in [-0.25, -0.2) is 4.98 Å². The van der Waals surface area contributed by atoms with Gasteiger partial charge in [0.25, 0.3) is 0 Å². The molecule has 1 aliphatic rings. The van der Waals surface area contributed by atoms with Gasteiger partial charge in [-0.3, -0.25) is 9.36 Å². The van der Waals surface area contributed by atoms with E-state index in [4.69, 9.17) is 35.3 Å². The maximum Gasteiger partial charge on any atom is 0.452 e. The summed E-state index contributed by atoms with van der Waals surface area (Å²) in [7, 11) is 2.90. The summed E-state index contributed by atoms with van der Waals surface area (Å²) in [4.78, 5) is 15.1. The Morgan fingerprint density at radius 1 is 1.15 bits per heavy atom. The van der Waals surface area contributed by atoms with Crippen LogP contribution in [-0.2, 0) is 28.5 Å². The number of carboxylic acids is 1. The number of carboxylic acid groups (broad SMARTS) is 1. The van der Waals surface area contributed by atoms with E-state index in [0.29, 0.717) is 28.4 Å². The number of para-hydroxylation sites is 1. The van der Waals surface area contributed by atoms with E-state index in [2.05, 4.69) is 15.2 Å². The van der Waals surface area contributed by atoms with E-state index in [0.717, 1.165) is 4.57 Å². The van der Waals surface area contributed by atoms with E-state index < -0.39 is 30.2 Å². The molecule has 0 aliphatic carbocycles. The predicted octanol–water partition coefficient (Wildman–Crippen LogP) is 5.37. The molecular formula is C26H22ClF3N4O6. The number of oxazole rings is 1. The van der Waals surface area contributed by atoms with Crippen LogP contribution in [0.25, 0.3) is 5.69 Å². The molecule has 14 heteroatoms. The fourth-order valence-corrected chi connectivity index (χ4v) is 4.79. The first kappa shape index (κ1) is 27.5. The summed E-state index contributed by atoms with van der Waals surface area (Å²) < 4.78 is 66.6. The molecule has 3 heterocycles. The molecule has 2 aromatic carbocycles. The van der Waals surface area contributed by atoms with E-state index in [1.165, 1.54) is 38.6 Å². The number of aromatic nitrogens is 4. The fourth-order valence-electron chi connectivity index (χ4n) is 4.61. The topological polar surface area (TPSA) is 122 Å². The third-order valence-corrected chi connectivity index (χ3v) is 6.54. The summed E-state index contributed by atoms with van der Waals surface area (Å²) >= 11 is 6.33. The molecule has 2 unspecified atom stereocenters. The Kier molecular flexibility index (Phi) is 7.43. The third kappa shape index (κ3) is 5.21. The van der Waals surface area contributed by atoms with Gasteiger partial charge in [0.05, 0.1) is 38.9 Å². The van der Waals surface area contributed by atoms with E-state index in [1.807, 2.05) is 0 Å². The lowest BCUT2D eigenvalue weighted by atomic mass is 9.98.